The number of hydrogen-bond acceptors (Lipinski definition) is 7. The molecule has 0 aliphatic carbocycles. The number of nitrogens with zero attached hydrogens (tertiary/aromatic N) is 3. The Hall–Kier alpha value is -3.31. The maximum absolute atomic E-state index is 13.9. The van der Waals surface area contributed by atoms with Crippen molar-refractivity contribution in [2.24, 2.45) is 5.73 Å². The van der Waals surface area contributed by atoms with Crippen molar-refractivity contribution in [2.75, 3.05) is 17.5 Å². The molecule has 2 atom stereocenters. The minimum atomic E-state index is -3.37. The highest BCUT2D eigenvalue weighted by atomic mass is 32.2. The molecule has 1 aliphatic rings. The molecular formula is C23H26FN5O4S. The topological polar surface area (TPSA) is 131 Å². The van der Waals surface area contributed by atoms with Crippen molar-refractivity contribution in [2.45, 2.75) is 37.8 Å². The van der Waals surface area contributed by atoms with Gasteiger partial charge in [0.15, 0.2) is 0 Å². The molecule has 1 fully saturated rings. The van der Waals surface area contributed by atoms with Crippen molar-refractivity contribution in [3.8, 4) is 11.4 Å². The second kappa shape index (κ2) is 9.90. The first-order chi connectivity index (χ1) is 16.2. The van der Waals surface area contributed by atoms with E-state index in [9.17, 15) is 17.6 Å². The average Bonchev–Trinajstić information content (AvgIpc) is 3.44. The fourth-order valence-electron chi connectivity index (χ4n) is 4.07. The van der Waals surface area contributed by atoms with E-state index in [0.29, 0.717) is 41.5 Å². The Labute approximate surface area is 197 Å². The van der Waals surface area contributed by atoms with E-state index in [2.05, 4.69) is 14.9 Å². The van der Waals surface area contributed by atoms with Crippen molar-refractivity contribution >= 4 is 21.6 Å². The SMILES string of the molecule is CS(=O)(=O)Nc1ccc(-c2noc([C@@H]3CCCN3C(=O)CC(N)Cc3ccccc3F)n2)cc1. The zero-order chi connectivity index (χ0) is 24.3. The van der Waals surface area contributed by atoms with Gasteiger partial charge in [-0.05, 0) is 55.2 Å². The first kappa shape index (κ1) is 23.8. The van der Waals surface area contributed by atoms with Crippen LogP contribution in [0.2, 0.25) is 0 Å². The lowest BCUT2D eigenvalue weighted by molar-refractivity contribution is -0.132. The third-order valence-electron chi connectivity index (χ3n) is 5.62. The predicted octanol–water partition coefficient (Wildman–Crippen LogP) is 2.87. The highest BCUT2D eigenvalue weighted by Crippen LogP contribution is 2.33. The number of aromatic nitrogens is 2. The van der Waals surface area contributed by atoms with Crippen molar-refractivity contribution < 1.29 is 22.1 Å². The van der Waals surface area contributed by atoms with Crippen molar-refractivity contribution in [1.29, 1.82) is 0 Å². The van der Waals surface area contributed by atoms with Crippen LogP contribution in [0.25, 0.3) is 11.4 Å². The van der Waals surface area contributed by atoms with E-state index in [-0.39, 0.29) is 30.6 Å². The molecule has 0 bridgehead atoms. The van der Waals surface area contributed by atoms with Gasteiger partial charge >= 0.3 is 0 Å². The van der Waals surface area contributed by atoms with Crippen molar-refractivity contribution in [3.63, 3.8) is 0 Å². The van der Waals surface area contributed by atoms with Gasteiger partial charge in [0.1, 0.15) is 11.9 Å². The Morgan fingerprint density at radius 3 is 2.71 bits per heavy atom. The lowest BCUT2D eigenvalue weighted by Crippen LogP contribution is -2.36. The van der Waals surface area contributed by atoms with E-state index < -0.39 is 16.1 Å². The van der Waals surface area contributed by atoms with Gasteiger partial charge in [0.2, 0.25) is 27.6 Å². The number of carbonyl (C=O) groups is 1. The molecule has 1 amide bonds. The van der Waals surface area contributed by atoms with Crippen molar-refractivity contribution in [3.05, 3.63) is 65.8 Å². The summed E-state index contributed by atoms with van der Waals surface area (Å²) in [4.78, 5) is 19.1. The minimum absolute atomic E-state index is 0.0840. The molecule has 1 saturated heterocycles. The summed E-state index contributed by atoms with van der Waals surface area (Å²) in [6.45, 7) is 0.555. The van der Waals surface area contributed by atoms with Crippen LogP contribution in [0, 0.1) is 5.82 Å². The number of nitrogens with two attached hydrogens (primary N) is 1. The monoisotopic (exact) mass is 487 g/mol. The van der Waals surface area contributed by atoms with Gasteiger partial charge in [-0.1, -0.05) is 23.4 Å². The molecule has 0 spiro atoms. The van der Waals surface area contributed by atoms with Crippen LogP contribution < -0.4 is 10.5 Å². The lowest BCUT2D eigenvalue weighted by atomic mass is 10.0. The number of benzene rings is 2. The van der Waals surface area contributed by atoms with Gasteiger partial charge in [-0.25, -0.2) is 12.8 Å². The van der Waals surface area contributed by atoms with Crippen LogP contribution in [0.3, 0.4) is 0 Å². The lowest BCUT2D eigenvalue weighted by Gasteiger charge is -2.23. The maximum Gasteiger partial charge on any atom is 0.249 e. The first-order valence-electron chi connectivity index (χ1n) is 10.9. The smallest absolute Gasteiger partial charge is 0.249 e. The van der Waals surface area contributed by atoms with Crippen LogP contribution in [0.4, 0.5) is 10.1 Å². The highest BCUT2D eigenvalue weighted by Gasteiger charge is 2.34. The molecule has 3 aromatic rings. The molecule has 9 nitrogen and oxygen atoms in total. The molecule has 0 saturated carbocycles. The van der Waals surface area contributed by atoms with E-state index >= 15 is 0 Å². The molecule has 0 radical (unpaired) electrons. The summed E-state index contributed by atoms with van der Waals surface area (Å²) in [5.74, 6) is 0.212. The van der Waals surface area contributed by atoms with Crippen LogP contribution in [0.1, 0.15) is 36.8 Å². The zero-order valence-corrected chi connectivity index (χ0v) is 19.5. The number of likely N-dealkylation sites (tertiary alicyclic amines) is 1. The molecule has 34 heavy (non-hydrogen) atoms. The van der Waals surface area contributed by atoms with Crippen LogP contribution in [-0.2, 0) is 21.2 Å². The Morgan fingerprint density at radius 2 is 2.00 bits per heavy atom. The maximum atomic E-state index is 13.9. The number of amides is 1. The molecule has 2 heterocycles. The molecule has 1 aromatic heterocycles. The van der Waals surface area contributed by atoms with E-state index in [0.717, 1.165) is 12.7 Å². The Morgan fingerprint density at radius 1 is 1.26 bits per heavy atom. The molecule has 11 heteroatoms. The Balaban J connectivity index is 1.41. The molecule has 1 aliphatic heterocycles. The van der Waals surface area contributed by atoms with Gasteiger partial charge in [0, 0.05) is 30.3 Å². The van der Waals surface area contributed by atoms with E-state index in [1.165, 1.54) is 6.07 Å². The van der Waals surface area contributed by atoms with Crippen molar-refractivity contribution in [1.82, 2.24) is 15.0 Å². The molecule has 180 valence electrons. The number of nitrogens with one attached hydrogen (secondary N) is 1. The quantitative estimate of drug-likeness (QED) is 0.499. The van der Waals surface area contributed by atoms with Gasteiger partial charge in [0.05, 0.1) is 6.26 Å². The molecule has 3 N–H and O–H groups in total. The van der Waals surface area contributed by atoms with Gasteiger partial charge < -0.3 is 15.2 Å². The largest absolute Gasteiger partial charge is 0.337 e. The first-order valence-corrected chi connectivity index (χ1v) is 12.8. The minimum Gasteiger partial charge on any atom is -0.337 e. The normalized spacial score (nSPS) is 17.0. The highest BCUT2D eigenvalue weighted by molar-refractivity contribution is 7.92. The second-order valence-corrected chi connectivity index (χ2v) is 10.2. The third kappa shape index (κ3) is 5.78. The summed E-state index contributed by atoms with van der Waals surface area (Å²) < 4.78 is 44.5. The van der Waals surface area contributed by atoms with E-state index in [4.69, 9.17) is 10.3 Å². The summed E-state index contributed by atoms with van der Waals surface area (Å²) in [5, 5.41) is 4.03. The summed E-state index contributed by atoms with van der Waals surface area (Å²) in [7, 11) is -3.37. The molecule has 2 aromatic carbocycles. The number of anilines is 1. The fourth-order valence-corrected chi connectivity index (χ4v) is 4.64. The number of carbonyl (C=O) groups excluding carboxylic acids is 1. The van der Waals surface area contributed by atoms with Gasteiger partial charge in [0.25, 0.3) is 0 Å². The summed E-state index contributed by atoms with van der Waals surface area (Å²) in [5.41, 5.74) is 7.71. The van der Waals surface area contributed by atoms with Crippen LogP contribution in [-0.4, -0.2) is 48.2 Å². The third-order valence-corrected chi connectivity index (χ3v) is 6.23. The van der Waals surface area contributed by atoms with Gasteiger partial charge in [-0.2, -0.15) is 4.98 Å². The standard InChI is InChI=1S/C23H26FN5O4S/c1-34(31,32)28-18-10-8-15(9-11-18)22-26-23(33-27-22)20-7-4-12-29(20)21(30)14-17(25)13-16-5-2-3-6-19(16)24/h2-3,5-6,8-11,17,20,28H,4,7,12-14,25H2,1H3/t17?,20-/m0/s1. The van der Waals surface area contributed by atoms with Crippen LogP contribution >= 0.6 is 0 Å². The fraction of sp³-hybridized carbons (Fsp3) is 0.348. The van der Waals surface area contributed by atoms with Crippen LogP contribution in [0.15, 0.2) is 53.1 Å². The number of rotatable bonds is 8. The number of hydrogen-bond donors (Lipinski definition) is 2. The summed E-state index contributed by atoms with van der Waals surface area (Å²) >= 11 is 0. The second-order valence-electron chi connectivity index (χ2n) is 8.41. The molecule has 4 rings (SSSR count). The predicted molar refractivity (Wildman–Crippen MR) is 125 cm³/mol. The Bertz CT molecular complexity index is 1260. The average molecular weight is 488 g/mol. The van der Waals surface area contributed by atoms with E-state index in [1.807, 2.05) is 0 Å². The van der Waals surface area contributed by atoms with E-state index in [1.54, 1.807) is 47.4 Å². The summed E-state index contributed by atoms with van der Waals surface area (Å²) in [6.07, 6.45) is 2.91. The number of sulfonamides is 1. The van der Waals surface area contributed by atoms with Crippen LogP contribution in [0.5, 0.6) is 0 Å². The summed E-state index contributed by atoms with van der Waals surface area (Å²) in [6, 6.07) is 12.1. The molecular weight excluding hydrogens is 461 g/mol. The van der Waals surface area contributed by atoms with Gasteiger partial charge in [-0.3, -0.25) is 9.52 Å². The molecule has 1 unspecified atom stereocenters. The van der Waals surface area contributed by atoms with Gasteiger partial charge in [-0.15, -0.1) is 0 Å². The number of halogens is 1. The zero-order valence-electron chi connectivity index (χ0n) is 18.6. The Kier molecular flexibility index (Phi) is 6.94.